The Hall–Kier alpha value is -0.610. The minimum absolute atomic E-state index is 0.0413. The molecule has 1 aromatic rings. The van der Waals surface area contributed by atoms with Crippen molar-refractivity contribution in [1.29, 1.82) is 0 Å². The fourth-order valence-electron chi connectivity index (χ4n) is 3.50. The molecule has 21 heavy (non-hydrogen) atoms. The summed E-state index contributed by atoms with van der Waals surface area (Å²) in [5.41, 5.74) is 7.16. The van der Waals surface area contributed by atoms with Gasteiger partial charge in [-0.25, -0.2) is 0 Å². The Labute approximate surface area is 133 Å². The van der Waals surface area contributed by atoms with Gasteiger partial charge in [-0.05, 0) is 52.3 Å². The molecule has 2 unspecified atom stereocenters. The summed E-state index contributed by atoms with van der Waals surface area (Å²) in [7, 11) is 2.16. The molecule has 0 radical (unpaired) electrons. The third-order valence-corrected chi connectivity index (χ3v) is 5.22. The fourth-order valence-corrected chi connectivity index (χ4v) is 3.80. The molecule has 2 rings (SSSR count). The molecular formula is C17H27ClN2O. The summed E-state index contributed by atoms with van der Waals surface area (Å²) >= 11 is 6.36. The predicted octanol–water partition coefficient (Wildman–Crippen LogP) is 3.62. The lowest BCUT2D eigenvalue weighted by atomic mass is 9.79. The van der Waals surface area contributed by atoms with Crippen molar-refractivity contribution in [2.45, 2.75) is 50.8 Å². The van der Waals surface area contributed by atoms with Crippen LogP contribution in [0.1, 0.15) is 45.2 Å². The first-order chi connectivity index (χ1) is 9.81. The average molecular weight is 311 g/mol. The van der Waals surface area contributed by atoms with E-state index in [9.17, 15) is 0 Å². The maximum Gasteiger partial charge on any atom is 0.0644 e. The van der Waals surface area contributed by atoms with Gasteiger partial charge in [0.1, 0.15) is 0 Å². The zero-order valence-electron chi connectivity index (χ0n) is 13.5. The van der Waals surface area contributed by atoms with Crippen LogP contribution in [0.4, 0.5) is 0 Å². The van der Waals surface area contributed by atoms with Gasteiger partial charge in [-0.3, -0.25) is 4.90 Å². The molecule has 3 nitrogen and oxygen atoms in total. The molecule has 1 aromatic carbocycles. The van der Waals surface area contributed by atoms with Crippen LogP contribution in [0.2, 0.25) is 5.02 Å². The van der Waals surface area contributed by atoms with Crippen molar-refractivity contribution in [2.24, 2.45) is 5.73 Å². The Morgan fingerprint density at radius 3 is 2.62 bits per heavy atom. The molecule has 1 fully saturated rings. The molecule has 1 saturated heterocycles. The van der Waals surface area contributed by atoms with Crippen molar-refractivity contribution in [2.75, 3.05) is 20.2 Å². The Morgan fingerprint density at radius 2 is 2.05 bits per heavy atom. The van der Waals surface area contributed by atoms with E-state index in [2.05, 4.69) is 38.8 Å². The third-order valence-electron chi connectivity index (χ3n) is 4.88. The molecule has 2 atom stereocenters. The minimum Gasteiger partial charge on any atom is -0.375 e. The highest BCUT2D eigenvalue weighted by atomic mass is 35.5. The zero-order chi connectivity index (χ0) is 15.7. The molecule has 1 heterocycles. The fraction of sp³-hybridized carbons (Fsp3) is 0.647. The van der Waals surface area contributed by atoms with Crippen molar-refractivity contribution in [3.63, 3.8) is 0 Å². The van der Waals surface area contributed by atoms with E-state index < -0.39 is 0 Å². The normalized spacial score (nSPS) is 26.8. The lowest BCUT2D eigenvalue weighted by molar-refractivity contribution is -0.120. The van der Waals surface area contributed by atoms with Crippen LogP contribution in [0.3, 0.4) is 0 Å². The number of likely N-dealkylation sites (N-methyl/N-ethyl adjacent to an activating group) is 1. The van der Waals surface area contributed by atoms with E-state index in [-0.39, 0.29) is 17.2 Å². The molecule has 118 valence electrons. The molecule has 4 heteroatoms. The van der Waals surface area contributed by atoms with Gasteiger partial charge in [-0.1, -0.05) is 29.8 Å². The van der Waals surface area contributed by atoms with Crippen molar-refractivity contribution >= 4 is 11.6 Å². The minimum atomic E-state index is -0.133. The van der Waals surface area contributed by atoms with E-state index in [1.165, 1.54) is 0 Å². The summed E-state index contributed by atoms with van der Waals surface area (Å²) in [6.45, 7) is 7.87. The largest absolute Gasteiger partial charge is 0.375 e. The summed E-state index contributed by atoms with van der Waals surface area (Å²) in [6, 6.07) is 8.27. The van der Waals surface area contributed by atoms with Crippen LogP contribution in [0.25, 0.3) is 0 Å². The molecule has 0 bridgehead atoms. The van der Waals surface area contributed by atoms with Crippen LogP contribution in [0.15, 0.2) is 24.3 Å². The number of hydrogen-bond acceptors (Lipinski definition) is 3. The Kier molecular flexibility index (Phi) is 4.99. The molecule has 0 aliphatic carbocycles. The van der Waals surface area contributed by atoms with Crippen molar-refractivity contribution in [3.8, 4) is 0 Å². The van der Waals surface area contributed by atoms with E-state index in [4.69, 9.17) is 22.1 Å². The summed E-state index contributed by atoms with van der Waals surface area (Å²) in [5.74, 6) is 0. The lowest BCUT2D eigenvalue weighted by Crippen LogP contribution is -2.59. The second kappa shape index (κ2) is 6.25. The zero-order valence-corrected chi connectivity index (χ0v) is 14.3. The molecular weight excluding hydrogens is 284 g/mol. The van der Waals surface area contributed by atoms with Gasteiger partial charge in [-0.2, -0.15) is 0 Å². The first-order valence-electron chi connectivity index (χ1n) is 7.63. The predicted molar refractivity (Wildman–Crippen MR) is 88.7 cm³/mol. The van der Waals surface area contributed by atoms with Crippen LogP contribution in [0.5, 0.6) is 0 Å². The Morgan fingerprint density at radius 1 is 1.38 bits per heavy atom. The Balaban J connectivity index is 2.28. The van der Waals surface area contributed by atoms with E-state index in [1.54, 1.807) is 0 Å². The molecule has 1 aliphatic heterocycles. The molecule has 0 spiro atoms. The Bertz CT molecular complexity index is 491. The number of benzene rings is 1. The van der Waals surface area contributed by atoms with Gasteiger partial charge in [0.25, 0.3) is 0 Å². The van der Waals surface area contributed by atoms with Crippen molar-refractivity contribution in [3.05, 3.63) is 34.9 Å². The number of nitrogens with zero attached hydrogens (tertiary/aromatic N) is 1. The van der Waals surface area contributed by atoms with Crippen LogP contribution < -0.4 is 5.73 Å². The quantitative estimate of drug-likeness (QED) is 0.923. The van der Waals surface area contributed by atoms with Gasteiger partial charge in [0, 0.05) is 29.8 Å². The van der Waals surface area contributed by atoms with Crippen molar-refractivity contribution < 1.29 is 4.74 Å². The molecule has 0 aromatic heterocycles. The SMILES string of the molecule is CC(c1ccccc1Cl)N(C)C1(CN)CCOC(C)(C)C1. The highest BCUT2D eigenvalue weighted by molar-refractivity contribution is 6.31. The highest BCUT2D eigenvalue weighted by Crippen LogP contribution is 2.40. The van der Waals surface area contributed by atoms with Gasteiger partial charge in [0.05, 0.1) is 5.60 Å². The van der Waals surface area contributed by atoms with Gasteiger partial charge >= 0.3 is 0 Å². The highest BCUT2D eigenvalue weighted by Gasteiger charge is 2.44. The first-order valence-corrected chi connectivity index (χ1v) is 8.00. The number of ether oxygens (including phenoxy) is 1. The van der Waals surface area contributed by atoms with Crippen LogP contribution in [0, 0.1) is 0 Å². The maximum atomic E-state index is 6.36. The number of nitrogens with two attached hydrogens (primary N) is 1. The smallest absolute Gasteiger partial charge is 0.0644 e. The summed E-state index contributed by atoms with van der Waals surface area (Å²) in [4.78, 5) is 2.39. The molecule has 0 amide bonds. The van der Waals surface area contributed by atoms with Crippen LogP contribution in [-0.4, -0.2) is 36.2 Å². The third kappa shape index (κ3) is 3.42. The van der Waals surface area contributed by atoms with E-state index in [0.717, 1.165) is 30.0 Å². The molecule has 2 N–H and O–H groups in total. The van der Waals surface area contributed by atoms with Crippen molar-refractivity contribution in [1.82, 2.24) is 4.90 Å². The maximum absolute atomic E-state index is 6.36. The molecule has 1 aliphatic rings. The number of halogens is 1. The van der Waals surface area contributed by atoms with Crippen LogP contribution >= 0.6 is 11.6 Å². The topological polar surface area (TPSA) is 38.5 Å². The monoisotopic (exact) mass is 310 g/mol. The van der Waals surface area contributed by atoms with Gasteiger partial charge < -0.3 is 10.5 Å². The van der Waals surface area contributed by atoms with Gasteiger partial charge in [0.15, 0.2) is 0 Å². The average Bonchev–Trinajstić information content (AvgIpc) is 2.45. The van der Waals surface area contributed by atoms with E-state index >= 15 is 0 Å². The standard InChI is InChI=1S/C17H27ClN2O/c1-13(14-7-5-6-8-15(14)18)20(4)17(12-19)9-10-21-16(2,3)11-17/h5-8,13H,9-12,19H2,1-4H3. The second-order valence-electron chi connectivity index (χ2n) is 6.77. The first kappa shape index (κ1) is 16.8. The van der Waals surface area contributed by atoms with E-state index in [0.29, 0.717) is 6.54 Å². The number of rotatable bonds is 4. The molecule has 0 saturated carbocycles. The summed E-state index contributed by atoms with van der Waals surface area (Å²) < 4.78 is 5.87. The van der Waals surface area contributed by atoms with Gasteiger partial charge in [-0.15, -0.1) is 0 Å². The lowest BCUT2D eigenvalue weighted by Gasteiger charge is -2.51. The summed E-state index contributed by atoms with van der Waals surface area (Å²) in [5, 5.41) is 0.815. The van der Waals surface area contributed by atoms with Gasteiger partial charge in [0.2, 0.25) is 0 Å². The van der Waals surface area contributed by atoms with Crippen LogP contribution in [-0.2, 0) is 4.74 Å². The number of hydrogen-bond donors (Lipinski definition) is 1. The van der Waals surface area contributed by atoms with E-state index in [1.807, 2.05) is 18.2 Å². The second-order valence-corrected chi connectivity index (χ2v) is 7.18. The summed E-state index contributed by atoms with van der Waals surface area (Å²) in [6.07, 6.45) is 1.89.